The number of pyridine rings is 1. The highest BCUT2D eigenvalue weighted by molar-refractivity contribution is 7.10. The summed E-state index contributed by atoms with van der Waals surface area (Å²) in [5.41, 5.74) is 5.41. The van der Waals surface area contributed by atoms with Gasteiger partial charge in [0.2, 0.25) is 11.8 Å². The minimum absolute atomic E-state index is 0.00729. The summed E-state index contributed by atoms with van der Waals surface area (Å²) in [6.45, 7) is 7.09. The molecule has 7 atom stereocenters. The fourth-order valence-corrected chi connectivity index (χ4v) is 14.3. The van der Waals surface area contributed by atoms with Crippen LogP contribution >= 0.6 is 11.3 Å². The molecular formula is C56H70F3N9O7S. The molecule has 3 aromatic heterocycles. The van der Waals surface area contributed by atoms with Crippen LogP contribution < -0.4 is 10.7 Å². The number of ether oxygens (including phenoxy) is 3. The molecule has 3 amide bonds. The smallest absolute Gasteiger partial charge is 0.406 e. The third-order valence-electron chi connectivity index (χ3n) is 17.5. The van der Waals surface area contributed by atoms with Crippen molar-refractivity contribution in [3.05, 3.63) is 58.2 Å². The van der Waals surface area contributed by atoms with Gasteiger partial charge in [0.25, 0.3) is 5.91 Å². The summed E-state index contributed by atoms with van der Waals surface area (Å²) in [7, 11) is 1.53. The van der Waals surface area contributed by atoms with Crippen LogP contribution in [0.25, 0.3) is 33.4 Å². The number of nitrogens with one attached hydrogen (secondary N) is 2. The standard InChI is InChI=1S/C56H70F3N9O7S/c1-32(73-4)45-37(11-7-19-60-45)48-39-25-54(2,3)31-74-53(72)40-12-8-20-67(63-40)51(70)41(24-44-61-42(26-76-44)35-15-18-43(38(39)23-35)66(48)30-56(57,58)59)62-50(69)47(33-9-5-6-10-33)64-21-22-75-55(27-64)28-65(29-55)52(71)49-46(34-13-14-34)68(49)36-16-17-36/h7,11,15,18-19,23,26,32-34,36,40-41,46-47,49,63H,5-6,8-10,12-14,16-17,20-22,24-25,27-31H2,1-4H3,(H,62,69)/t32-,40-,41-,46+,47-,49+,68?/m0/s1. The summed E-state index contributed by atoms with van der Waals surface area (Å²) in [5.74, 6) is -0.278. The quantitative estimate of drug-likeness (QED) is 0.119. The Morgan fingerprint density at radius 1 is 1.01 bits per heavy atom. The Hall–Kier alpha value is -4.99. The van der Waals surface area contributed by atoms with E-state index in [1.165, 1.54) is 53.7 Å². The number of alkyl halides is 3. The van der Waals surface area contributed by atoms with Crippen molar-refractivity contribution in [2.45, 2.75) is 158 Å². The van der Waals surface area contributed by atoms with Crippen molar-refractivity contribution in [1.82, 2.24) is 45.0 Å². The zero-order chi connectivity index (χ0) is 52.8. The molecule has 6 bridgehead atoms. The number of hydrazine groups is 1. The predicted octanol–water partition coefficient (Wildman–Crippen LogP) is 6.84. The molecule has 408 valence electrons. The average molecular weight is 1070 g/mol. The molecule has 4 aromatic rings. The fourth-order valence-electron chi connectivity index (χ4n) is 13.4. The van der Waals surface area contributed by atoms with Gasteiger partial charge in [-0.15, -0.1) is 11.3 Å². The molecule has 7 fully saturated rings. The van der Waals surface area contributed by atoms with E-state index in [4.69, 9.17) is 19.2 Å². The highest BCUT2D eigenvalue weighted by Gasteiger charge is 2.65. The Morgan fingerprint density at radius 2 is 1.80 bits per heavy atom. The number of methoxy groups -OCH3 is 1. The first-order valence-electron chi connectivity index (χ1n) is 27.6. The molecule has 5 aliphatic heterocycles. The SMILES string of the molecule is CO[C@@H](C)c1ncccc1-c1c2c3cc(ccc3n1CC(F)(F)F)-c1csc(n1)C[C@H](NC(=O)[C@H](C1CCCC1)N1CCOC3(CN(C(=O)[C@H]4[C@@H](C5CC5)N4C4CC4)C3)C1)C(=O)N1CCC[C@H](N1)C(=O)OCC(C)(C)C2. The molecule has 3 saturated carbocycles. The second-order valence-corrected chi connectivity index (χ2v) is 24.8. The van der Waals surface area contributed by atoms with Gasteiger partial charge in [-0.1, -0.05) is 32.8 Å². The average Bonchev–Trinajstić information content (AvgIpc) is 4.37. The van der Waals surface area contributed by atoms with E-state index in [0.717, 1.165) is 25.7 Å². The Kier molecular flexibility index (Phi) is 13.6. The molecule has 1 spiro atoms. The first-order chi connectivity index (χ1) is 36.5. The molecule has 76 heavy (non-hydrogen) atoms. The number of fused-ring (bicyclic) bond motifs is 6. The number of amides is 3. The van der Waals surface area contributed by atoms with Crippen molar-refractivity contribution in [1.29, 1.82) is 0 Å². The minimum Gasteiger partial charge on any atom is -0.464 e. The summed E-state index contributed by atoms with van der Waals surface area (Å²) in [6.07, 6.45) is 6.21. The van der Waals surface area contributed by atoms with E-state index in [1.807, 2.05) is 37.1 Å². The normalized spacial score (nSPS) is 28.0. The maximum Gasteiger partial charge on any atom is 0.406 e. The Labute approximate surface area is 445 Å². The van der Waals surface area contributed by atoms with Crippen molar-refractivity contribution in [2.75, 3.05) is 53.0 Å². The van der Waals surface area contributed by atoms with Gasteiger partial charge in [0, 0.05) is 84.3 Å². The number of likely N-dealkylation sites (tertiary alicyclic amines) is 1. The summed E-state index contributed by atoms with van der Waals surface area (Å²) >= 11 is 1.34. The van der Waals surface area contributed by atoms with Gasteiger partial charge in [0.05, 0.1) is 60.5 Å². The van der Waals surface area contributed by atoms with E-state index in [-0.39, 0.29) is 43.2 Å². The van der Waals surface area contributed by atoms with Crippen LogP contribution in [0.1, 0.15) is 107 Å². The van der Waals surface area contributed by atoms with Crippen molar-refractivity contribution < 1.29 is 46.6 Å². The lowest BCUT2D eigenvalue weighted by atomic mass is 9.84. The maximum atomic E-state index is 15.2. The van der Waals surface area contributed by atoms with E-state index in [0.29, 0.717) is 120 Å². The van der Waals surface area contributed by atoms with Gasteiger partial charge in [-0.05, 0) is 106 Å². The van der Waals surface area contributed by atoms with Crippen LogP contribution in [0.3, 0.4) is 0 Å². The van der Waals surface area contributed by atoms with Crippen LogP contribution in [-0.4, -0.2) is 159 Å². The van der Waals surface area contributed by atoms with E-state index in [1.54, 1.807) is 30.5 Å². The number of nitrogens with zero attached hydrogens (tertiary/aromatic N) is 7. The molecule has 20 heteroatoms. The number of hydrogen-bond acceptors (Lipinski definition) is 13. The Morgan fingerprint density at radius 3 is 2.54 bits per heavy atom. The molecule has 4 saturated heterocycles. The predicted molar refractivity (Wildman–Crippen MR) is 277 cm³/mol. The number of hydrogen-bond donors (Lipinski definition) is 2. The highest BCUT2D eigenvalue weighted by atomic mass is 32.1. The van der Waals surface area contributed by atoms with Gasteiger partial charge in [-0.25, -0.2) is 10.4 Å². The van der Waals surface area contributed by atoms with E-state index in [2.05, 4.69) is 25.5 Å². The molecule has 8 aliphatic rings. The number of thiazole rings is 1. The first-order valence-corrected chi connectivity index (χ1v) is 28.5. The molecular weight excluding hydrogens is 1000 g/mol. The van der Waals surface area contributed by atoms with Crippen LogP contribution in [0.5, 0.6) is 0 Å². The van der Waals surface area contributed by atoms with Crippen molar-refractivity contribution in [2.24, 2.45) is 17.3 Å². The van der Waals surface area contributed by atoms with Crippen molar-refractivity contribution in [3.8, 4) is 22.5 Å². The van der Waals surface area contributed by atoms with Gasteiger partial charge in [-0.2, -0.15) is 13.2 Å². The minimum atomic E-state index is -4.58. The number of cyclic esters (lactones) is 1. The van der Waals surface area contributed by atoms with Crippen molar-refractivity contribution >= 4 is 45.9 Å². The lowest BCUT2D eigenvalue weighted by Crippen LogP contribution is -2.73. The Bertz CT molecular complexity index is 2870. The molecule has 3 aliphatic carbocycles. The van der Waals surface area contributed by atoms with Crippen molar-refractivity contribution in [3.63, 3.8) is 0 Å². The van der Waals surface area contributed by atoms with Gasteiger partial charge >= 0.3 is 12.1 Å². The third-order valence-corrected chi connectivity index (χ3v) is 18.3. The number of carbonyl (C=O) groups is 4. The van der Waals surface area contributed by atoms with Crippen LogP contribution in [-0.2, 0) is 52.8 Å². The number of aromatic nitrogens is 3. The third kappa shape index (κ3) is 10.2. The number of esters is 1. The molecule has 0 radical (unpaired) electrons. The lowest BCUT2D eigenvalue weighted by molar-refractivity contribution is -0.198. The molecule has 16 nitrogen and oxygen atoms in total. The van der Waals surface area contributed by atoms with E-state index < -0.39 is 59.8 Å². The lowest BCUT2D eigenvalue weighted by Gasteiger charge is -2.55. The fraction of sp³-hybridized carbons (Fsp3) is 0.643. The van der Waals surface area contributed by atoms with Crippen LogP contribution in [0.15, 0.2) is 41.9 Å². The van der Waals surface area contributed by atoms with Crippen LogP contribution in [0.4, 0.5) is 13.2 Å². The van der Waals surface area contributed by atoms with Gasteiger partial charge in [0.1, 0.15) is 30.3 Å². The summed E-state index contributed by atoms with van der Waals surface area (Å²) in [4.78, 5) is 74.5. The first kappa shape index (κ1) is 51.7. The monoisotopic (exact) mass is 1070 g/mol. The molecule has 2 N–H and O–H groups in total. The second kappa shape index (κ2) is 20.0. The van der Waals surface area contributed by atoms with Crippen LogP contribution in [0.2, 0.25) is 0 Å². The number of carbonyl (C=O) groups excluding carboxylic acids is 4. The van der Waals surface area contributed by atoms with E-state index in [9.17, 15) is 27.6 Å². The summed E-state index contributed by atoms with van der Waals surface area (Å²) < 4.78 is 63.9. The van der Waals surface area contributed by atoms with Gasteiger partial charge in [0.15, 0.2) is 0 Å². The molecule has 12 rings (SSSR count). The highest BCUT2D eigenvalue weighted by Crippen LogP contribution is 2.53. The van der Waals surface area contributed by atoms with Crippen LogP contribution in [0, 0.1) is 17.3 Å². The zero-order valence-electron chi connectivity index (χ0n) is 43.9. The number of halogens is 3. The van der Waals surface area contributed by atoms with Gasteiger partial charge < -0.3 is 29.0 Å². The topological polar surface area (TPSA) is 163 Å². The maximum absolute atomic E-state index is 15.2. The number of benzene rings is 1. The largest absolute Gasteiger partial charge is 0.464 e. The van der Waals surface area contributed by atoms with Gasteiger partial charge in [-0.3, -0.25) is 39.0 Å². The number of morpholine rings is 1. The molecule has 1 aromatic carbocycles. The summed E-state index contributed by atoms with van der Waals surface area (Å²) in [5, 5.41) is 7.73. The zero-order valence-corrected chi connectivity index (χ0v) is 44.7. The van der Waals surface area contributed by atoms with E-state index >= 15 is 4.79 Å². The summed E-state index contributed by atoms with van der Waals surface area (Å²) in [6, 6.07) is 7.31. The number of rotatable bonds is 11. The molecule has 1 unspecified atom stereocenters. The second-order valence-electron chi connectivity index (χ2n) is 23.9. The Balaban J connectivity index is 0.859. The molecule has 8 heterocycles.